The fourth-order valence-electron chi connectivity index (χ4n) is 3.36. The van der Waals surface area contributed by atoms with Crippen LogP contribution in [0.4, 0.5) is 5.69 Å². The van der Waals surface area contributed by atoms with E-state index < -0.39 is 29.7 Å². The van der Waals surface area contributed by atoms with E-state index in [1.54, 1.807) is 37.8 Å². The second-order valence-corrected chi connectivity index (χ2v) is 8.74. The molecule has 0 unspecified atom stereocenters. The summed E-state index contributed by atoms with van der Waals surface area (Å²) in [7, 11) is 0. The van der Waals surface area contributed by atoms with E-state index in [9.17, 15) is 19.5 Å². The van der Waals surface area contributed by atoms with Gasteiger partial charge in [-0.3, -0.25) is 9.59 Å². The Kier molecular flexibility index (Phi) is 7.20. The van der Waals surface area contributed by atoms with Gasteiger partial charge in [0.15, 0.2) is 12.2 Å². The average Bonchev–Trinajstić information content (AvgIpc) is 2.72. The number of carbonyl (C=O) groups excluding carboxylic acids is 3. The number of aliphatic hydroxyl groups excluding tert-OH is 1. The summed E-state index contributed by atoms with van der Waals surface area (Å²) >= 11 is 6.36. The van der Waals surface area contributed by atoms with Gasteiger partial charge in [0.2, 0.25) is 0 Å². The van der Waals surface area contributed by atoms with Gasteiger partial charge in [-0.25, -0.2) is 4.79 Å². The number of rotatable bonds is 4. The van der Waals surface area contributed by atoms with Crippen LogP contribution in [0.15, 0.2) is 18.2 Å². The van der Waals surface area contributed by atoms with Gasteiger partial charge in [-0.15, -0.1) is 0 Å². The van der Waals surface area contributed by atoms with Gasteiger partial charge in [-0.05, 0) is 39.0 Å². The number of benzene rings is 1. The maximum atomic E-state index is 12.9. The van der Waals surface area contributed by atoms with Crippen molar-refractivity contribution in [2.24, 2.45) is 0 Å². The molecule has 2 atom stereocenters. The van der Waals surface area contributed by atoms with E-state index in [-0.39, 0.29) is 24.1 Å². The third kappa shape index (κ3) is 5.54. The molecule has 0 saturated carbocycles. The van der Waals surface area contributed by atoms with Crippen LogP contribution in [-0.4, -0.2) is 85.1 Å². The predicted molar refractivity (Wildman–Crippen MR) is 112 cm³/mol. The minimum Gasteiger partial charge on any atom is -0.458 e. The van der Waals surface area contributed by atoms with Gasteiger partial charge >= 0.3 is 5.97 Å². The van der Waals surface area contributed by atoms with E-state index in [1.807, 2.05) is 0 Å². The lowest BCUT2D eigenvalue weighted by Crippen LogP contribution is -2.55. The smallest absolute Gasteiger partial charge is 0.338 e. The Morgan fingerprint density at radius 3 is 2.48 bits per heavy atom. The van der Waals surface area contributed by atoms with Crippen LogP contribution in [0.1, 0.15) is 31.1 Å². The Hall–Kier alpha value is -2.20. The Balaban J connectivity index is 1.74. The van der Waals surface area contributed by atoms with Gasteiger partial charge in [0.05, 0.1) is 30.4 Å². The first kappa shape index (κ1) is 23.5. The second-order valence-electron chi connectivity index (χ2n) is 8.33. The van der Waals surface area contributed by atoms with Crippen molar-refractivity contribution >= 4 is 35.1 Å². The average molecular weight is 455 g/mol. The van der Waals surface area contributed by atoms with Crippen molar-refractivity contribution in [3.05, 3.63) is 28.8 Å². The summed E-state index contributed by atoms with van der Waals surface area (Å²) in [6.07, 6.45) is -3.15. The van der Waals surface area contributed by atoms with Crippen molar-refractivity contribution in [1.29, 1.82) is 0 Å². The Morgan fingerprint density at radius 2 is 1.87 bits per heavy atom. The van der Waals surface area contributed by atoms with Crippen LogP contribution < -0.4 is 4.90 Å². The van der Waals surface area contributed by atoms with Gasteiger partial charge in [-0.1, -0.05) is 11.6 Å². The Morgan fingerprint density at radius 1 is 1.19 bits per heavy atom. The number of carbonyl (C=O) groups is 3. The molecule has 2 amide bonds. The monoisotopic (exact) mass is 454 g/mol. The number of amides is 2. The molecule has 0 radical (unpaired) electrons. The standard InChI is InChI=1S/C21H27ClN2O7/c1-21(2,3)31-20(28)16(25)17-19(27)24(8-11-30-17)13-4-5-14(15(22)12-13)18(26)23-6-9-29-10-7-23/h4-5,12,16-17,25H,6-11H2,1-3H3/t16-,17-/m1/s1. The zero-order valence-corrected chi connectivity index (χ0v) is 18.6. The third-order valence-corrected chi connectivity index (χ3v) is 5.16. The van der Waals surface area contributed by atoms with Crippen LogP contribution in [-0.2, 0) is 23.8 Å². The summed E-state index contributed by atoms with van der Waals surface area (Å²) in [5, 5.41) is 10.5. The van der Waals surface area contributed by atoms with Crippen LogP contribution in [0.25, 0.3) is 0 Å². The number of halogens is 1. The second kappa shape index (κ2) is 9.52. The number of hydrogen-bond acceptors (Lipinski definition) is 7. The van der Waals surface area contributed by atoms with Crippen LogP contribution in [0, 0.1) is 0 Å². The SMILES string of the molecule is CC(C)(C)OC(=O)[C@H](O)[C@H]1OCCN(c2ccc(C(=O)N3CCOCC3)c(Cl)c2)C1=O. The molecule has 2 fully saturated rings. The van der Waals surface area contributed by atoms with Crippen molar-refractivity contribution < 1.29 is 33.7 Å². The van der Waals surface area contributed by atoms with Crippen LogP contribution in [0.5, 0.6) is 0 Å². The number of esters is 1. The molecular formula is C21H27ClN2O7. The molecule has 2 aliphatic rings. The van der Waals surface area contributed by atoms with Gasteiger partial charge in [0.1, 0.15) is 5.60 Å². The van der Waals surface area contributed by atoms with Crippen molar-refractivity contribution in [2.45, 2.75) is 38.6 Å². The van der Waals surface area contributed by atoms with E-state index in [1.165, 1.54) is 11.0 Å². The molecule has 3 rings (SSSR count). The normalized spacial score (nSPS) is 21.1. The minimum atomic E-state index is -1.76. The molecule has 1 aromatic carbocycles. The minimum absolute atomic E-state index is 0.113. The molecule has 0 spiro atoms. The van der Waals surface area contributed by atoms with Gasteiger partial charge < -0.3 is 29.1 Å². The summed E-state index contributed by atoms with van der Waals surface area (Å²) < 4.78 is 15.8. The molecule has 2 heterocycles. The lowest BCUT2D eigenvalue weighted by molar-refractivity contribution is -0.177. The van der Waals surface area contributed by atoms with Crippen LogP contribution in [0.2, 0.25) is 5.02 Å². The number of hydrogen-bond donors (Lipinski definition) is 1. The molecule has 10 heteroatoms. The first-order chi connectivity index (χ1) is 14.6. The molecule has 0 aromatic heterocycles. The molecule has 31 heavy (non-hydrogen) atoms. The third-order valence-electron chi connectivity index (χ3n) is 4.85. The molecule has 1 N–H and O–H groups in total. The van der Waals surface area contributed by atoms with E-state index in [0.717, 1.165) is 0 Å². The highest BCUT2D eigenvalue weighted by Crippen LogP contribution is 2.28. The molecule has 0 aliphatic carbocycles. The van der Waals surface area contributed by atoms with E-state index in [4.69, 9.17) is 25.8 Å². The Labute approximate surface area is 185 Å². The summed E-state index contributed by atoms with van der Waals surface area (Å²) in [6.45, 7) is 7.24. The maximum Gasteiger partial charge on any atom is 0.338 e. The highest BCUT2D eigenvalue weighted by atomic mass is 35.5. The quantitative estimate of drug-likeness (QED) is 0.682. The van der Waals surface area contributed by atoms with Crippen molar-refractivity contribution in [3.63, 3.8) is 0 Å². The number of aliphatic hydroxyl groups is 1. The number of ether oxygens (including phenoxy) is 3. The van der Waals surface area contributed by atoms with E-state index >= 15 is 0 Å². The highest BCUT2D eigenvalue weighted by molar-refractivity contribution is 6.34. The van der Waals surface area contributed by atoms with Crippen molar-refractivity contribution in [1.82, 2.24) is 4.90 Å². The van der Waals surface area contributed by atoms with Gasteiger partial charge in [0, 0.05) is 25.3 Å². The van der Waals surface area contributed by atoms with E-state index in [0.29, 0.717) is 37.6 Å². The molecule has 0 bridgehead atoms. The summed E-state index contributed by atoms with van der Waals surface area (Å²) in [5.41, 5.74) is -0.0390. The molecule has 1 aromatic rings. The Bertz CT molecular complexity index is 849. The maximum absolute atomic E-state index is 12.9. The van der Waals surface area contributed by atoms with Gasteiger partial charge in [0.25, 0.3) is 11.8 Å². The lowest BCUT2D eigenvalue weighted by Gasteiger charge is -2.34. The molecular weight excluding hydrogens is 428 g/mol. The summed E-state index contributed by atoms with van der Waals surface area (Å²) in [5.74, 6) is -1.73. The van der Waals surface area contributed by atoms with Crippen LogP contribution >= 0.6 is 11.6 Å². The van der Waals surface area contributed by atoms with Crippen molar-refractivity contribution in [2.75, 3.05) is 44.4 Å². The zero-order valence-electron chi connectivity index (χ0n) is 17.8. The molecule has 9 nitrogen and oxygen atoms in total. The predicted octanol–water partition coefficient (Wildman–Crippen LogP) is 1.25. The first-order valence-electron chi connectivity index (χ1n) is 10.1. The summed E-state index contributed by atoms with van der Waals surface area (Å²) in [4.78, 5) is 40.8. The molecule has 2 aliphatic heterocycles. The van der Waals surface area contributed by atoms with Crippen LogP contribution in [0.3, 0.4) is 0 Å². The fraction of sp³-hybridized carbons (Fsp3) is 0.571. The largest absolute Gasteiger partial charge is 0.458 e. The zero-order chi connectivity index (χ0) is 22.8. The molecule has 2 saturated heterocycles. The molecule has 170 valence electrons. The number of morpholine rings is 2. The highest BCUT2D eigenvalue weighted by Gasteiger charge is 2.41. The lowest BCUT2D eigenvalue weighted by atomic mass is 10.1. The van der Waals surface area contributed by atoms with Gasteiger partial charge in [-0.2, -0.15) is 0 Å². The summed E-state index contributed by atoms with van der Waals surface area (Å²) in [6, 6.07) is 4.70. The number of anilines is 1. The topological polar surface area (TPSA) is 106 Å². The van der Waals surface area contributed by atoms with E-state index in [2.05, 4.69) is 0 Å². The number of nitrogens with zero attached hydrogens (tertiary/aromatic N) is 2. The fourth-order valence-corrected chi connectivity index (χ4v) is 3.61. The first-order valence-corrected chi connectivity index (χ1v) is 10.5. The van der Waals surface area contributed by atoms with Crippen molar-refractivity contribution in [3.8, 4) is 0 Å².